The second-order valence-corrected chi connectivity index (χ2v) is 7.77. The van der Waals surface area contributed by atoms with Gasteiger partial charge in [0.15, 0.2) is 0 Å². The zero-order valence-corrected chi connectivity index (χ0v) is 15.8. The molecule has 0 aliphatic carbocycles. The van der Waals surface area contributed by atoms with Crippen molar-refractivity contribution >= 4 is 0 Å². The van der Waals surface area contributed by atoms with Crippen molar-refractivity contribution in [3.05, 3.63) is 12.2 Å². The molecule has 0 radical (unpaired) electrons. The summed E-state index contributed by atoms with van der Waals surface area (Å²) in [7, 11) is 0. The van der Waals surface area contributed by atoms with Gasteiger partial charge in [0.05, 0.1) is 0 Å². The van der Waals surface area contributed by atoms with E-state index >= 15 is 0 Å². The Labute approximate surface area is 135 Å². The van der Waals surface area contributed by atoms with Gasteiger partial charge in [-0.2, -0.15) is 0 Å². The van der Waals surface area contributed by atoms with Gasteiger partial charge in [0.2, 0.25) is 0 Å². The summed E-state index contributed by atoms with van der Waals surface area (Å²) in [6.45, 7) is 14.1. The van der Waals surface area contributed by atoms with Crippen LogP contribution in [0.4, 0.5) is 0 Å². The molecule has 0 rings (SSSR count). The third kappa shape index (κ3) is 13.1. The van der Waals surface area contributed by atoms with Crippen LogP contribution in [0, 0.1) is 23.7 Å². The van der Waals surface area contributed by atoms with E-state index in [1.807, 2.05) is 0 Å². The maximum absolute atomic E-state index is 2.46. The largest absolute Gasteiger partial charge is 0.0880 e. The van der Waals surface area contributed by atoms with Crippen LogP contribution >= 0.6 is 0 Å². The molecule has 0 aromatic rings. The Kier molecular flexibility index (Phi) is 13.2. The molecule has 0 fully saturated rings. The summed E-state index contributed by atoms with van der Waals surface area (Å²) in [5.74, 6) is 3.35. The van der Waals surface area contributed by atoms with Gasteiger partial charge in [-0.1, -0.05) is 98.6 Å². The van der Waals surface area contributed by atoms with Crippen LogP contribution in [0.25, 0.3) is 0 Å². The second-order valence-electron chi connectivity index (χ2n) is 7.77. The van der Waals surface area contributed by atoms with Gasteiger partial charge in [-0.15, -0.1) is 0 Å². The molecule has 0 aromatic heterocycles. The van der Waals surface area contributed by atoms with Crippen molar-refractivity contribution < 1.29 is 0 Å². The minimum Gasteiger partial charge on any atom is -0.0880 e. The number of rotatable bonds is 13. The van der Waals surface area contributed by atoms with E-state index in [1.54, 1.807) is 0 Å². The third-order valence-electron chi connectivity index (χ3n) is 4.88. The second kappa shape index (κ2) is 13.4. The first-order valence-electron chi connectivity index (χ1n) is 9.64. The molecule has 0 aliphatic heterocycles. The van der Waals surface area contributed by atoms with Gasteiger partial charge < -0.3 is 0 Å². The maximum Gasteiger partial charge on any atom is -0.0262 e. The molecule has 0 heteroatoms. The lowest BCUT2D eigenvalue weighted by Gasteiger charge is -2.17. The highest BCUT2D eigenvalue weighted by Crippen LogP contribution is 2.21. The van der Waals surface area contributed by atoms with Gasteiger partial charge in [-0.25, -0.2) is 0 Å². The van der Waals surface area contributed by atoms with E-state index in [-0.39, 0.29) is 0 Å². The van der Waals surface area contributed by atoms with E-state index in [4.69, 9.17) is 0 Å². The van der Waals surface area contributed by atoms with E-state index in [2.05, 4.69) is 53.7 Å². The number of hydrogen-bond acceptors (Lipinski definition) is 0. The number of unbranched alkanes of at least 4 members (excludes halogenated alkanes) is 3. The van der Waals surface area contributed by atoms with Crippen molar-refractivity contribution in [2.75, 3.05) is 0 Å². The molecule has 0 aliphatic rings. The normalized spacial score (nSPS) is 16.5. The van der Waals surface area contributed by atoms with Crippen molar-refractivity contribution in [1.29, 1.82) is 0 Å². The van der Waals surface area contributed by atoms with Gasteiger partial charge in [-0.3, -0.25) is 0 Å². The molecule has 0 saturated heterocycles. The molecular formula is C21H42. The van der Waals surface area contributed by atoms with Crippen LogP contribution in [-0.2, 0) is 0 Å². The van der Waals surface area contributed by atoms with E-state index in [0.717, 1.165) is 23.7 Å². The lowest BCUT2D eigenvalue weighted by molar-refractivity contribution is 0.364. The summed E-state index contributed by atoms with van der Waals surface area (Å²) in [5.41, 5.74) is 0. The Morgan fingerprint density at radius 1 is 0.714 bits per heavy atom. The number of allylic oxidation sites excluding steroid dienone is 2. The Bertz CT molecular complexity index is 238. The fourth-order valence-electron chi connectivity index (χ4n) is 2.97. The lowest BCUT2D eigenvalue weighted by Crippen LogP contribution is -2.06. The van der Waals surface area contributed by atoms with E-state index < -0.39 is 0 Å². The average molecular weight is 295 g/mol. The minimum absolute atomic E-state index is 0.767. The van der Waals surface area contributed by atoms with Gasteiger partial charge in [0, 0.05) is 0 Å². The van der Waals surface area contributed by atoms with E-state index in [0.29, 0.717) is 0 Å². The Balaban J connectivity index is 3.60. The molecule has 0 spiro atoms. The molecule has 3 atom stereocenters. The van der Waals surface area contributed by atoms with Crippen LogP contribution in [0.3, 0.4) is 0 Å². The molecule has 0 bridgehead atoms. The molecule has 0 N–H and O–H groups in total. The molecule has 0 heterocycles. The zero-order chi connectivity index (χ0) is 16.1. The topological polar surface area (TPSA) is 0 Å². The predicted octanol–water partition coefficient (Wildman–Crippen LogP) is 7.64. The van der Waals surface area contributed by atoms with Crippen molar-refractivity contribution in [3.63, 3.8) is 0 Å². The first-order valence-corrected chi connectivity index (χ1v) is 9.64. The molecular weight excluding hydrogens is 252 g/mol. The highest BCUT2D eigenvalue weighted by Gasteiger charge is 2.09. The molecule has 0 amide bonds. The highest BCUT2D eigenvalue weighted by atomic mass is 14.1. The molecule has 21 heavy (non-hydrogen) atoms. The van der Waals surface area contributed by atoms with Gasteiger partial charge in [0.25, 0.3) is 0 Å². The van der Waals surface area contributed by atoms with Crippen LogP contribution in [0.5, 0.6) is 0 Å². The summed E-state index contributed by atoms with van der Waals surface area (Å²) < 4.78 is 0. The predicted molar refractivity (Wildman–Crippen MR) is 98.7 cm³/mol. The monoisotopic (exact) mass is 294 g/mol. The summed E-state index contributed by atoms with van der Waals surface area (Å²) in [6.07, 6.45) is 17.3. The van der Waals surface area contributed by atoms with Gasteiger partial charge >= 0.3 is 0 Å². The molecule has 0 saturated carbocycles. The molecule has 126 valence electrons. The first kappa shape index (κ1) is 20.7. The van der Waals surface area contributed by atoms with Crippen molar-refractivity contribution in [2.45, 2.75) is 99.3 Å². The van der Waals surface area contributed by atoms with E-state index in [1.165, 1.54) is 57.8 Å². The van der Waals surface area contributed by atoms with Crippen molar-refractivity contribution in [3.8, 4) is 0 Å². The van der Waals surface area contributed by atoms with Crippen LogP contribution < -0.4 is 0 Å². The van der Waals surface area contributed by atoms with Crippen LogP contribution in [-0.4, -0.2) is 0 Å². The first-order chi connectivity index (χ1) is 9.97. The van der Waals surface area contributed by atoms with E-state index in [9.17, 15) is 0 Å². The minimum atomic E-state index is 0.767. The summed E-state index contributed by atoms with van der Waals surface area (Å²) in [4.78, 5) is 0. The van der Waals surface area contributed by atoms with Crippen LogP contribution in [0.2, 0.25) is 0 Å². The number of hydrogen-bond donors (Lipinski definition) is 0. The van der Waals surface area contributed by atoms with Crippen LogP contribution in [0.15, 0.2) is 12.2 Å². The Morgan fingerprint density at radius 2 is 1.33 bits per heavy atom. The van der Waals surface area contributed by atoms with Gasteiger partial charge in [-0.05, 0) is 36.5 Å². The summed E-state index contributed by atoms with van der Waals surface area (Å²) in [5, 5.41) is 0. The standard InChI is InChI=1S/C21H42/c1-7-13-20(5)21(6)17-12-16-19(4)15-11-9-8-10-14-18(2)3/h12,16,18-21H,7-11,13-15,17H2,1-6H3. The molecule has 0 aromatic carbocycles. The SMILES string of the molecule is CCCC(C)C(C)CC=CC(C)CCCCCCC(C)C. The van der Waals surface area contributed by atoms with Crippen molar-refractivity contribution in [1.82, 2.24) is 0 Å². The highest BCUT2D eigenvalue weighted by molar-refractivity contribution is 4.88. The molecule has 0 nitrogen and oxygen atoms in total. The zero-order valence-electron chi connectivity index (χ0n) is 15.8. The summed E-state index contributed by atoms with van der Waals surface area (Å²) >= 11 is 0. The summed E-state index contributed by atoms with van der Waals surface area (Å²) in [6, 6.07) is 0. The third-order valence-corrected chi connectivity index (χ3v) is 4.88. The Morgan fingerprint density at radius 3 is 1.90 bits per heavy atom. The average Bonchev–Trinajstić information content (AvgIpc) is 2.42. The smallest absolute Gasteiger partial charge is 0.0262 e. The molecule has 3 unspecified atom stereocenters. The Hall–Kier alpha value is -0.260. The fraction of sp³-hybridized carbons (Fsp3) is 0.905. The fourth-order valence-corrected chi connectivity index (χ4v) is 2.97. The quantitative estimate of drug-likeness (QED) is 0.242. The maximum atomic E-state index is 2.46. The van der Waals surface area contributed by atoms with Crippen LogP contribution in [0.1, 0.15) is 99.3 Å². The van der Waals surface area contributed by atoms with Crippen molar-refractivity contribution in [2.24, 2.45) is 23.7 Å². The lowest BCUT2D eigenvalue weighted by atomic mass is 9.89. The van der Waals surface area contributed by atoms with Gasteiger partial charge in [0.1, 0.15) is 0 Å².